The molecule has 84 valence electrons. The van der Waals surface area contributed by atoms with Gasteiger partial charge >= 0.3 is 0 Å². The van der Waals surface area contributed by atoms with E-state index < -0.39 is 0 Å². The van der Waals surface area contributed by atoms with E-state index in [0.29, 0.717) is 5.92 Å². The number of rotatable bonds is 5. The molecule has 0 radical (unpaired) electrons. The highest BCUT2D eigenvalue weighted by molar-refractivity contribution is 14.1. The van der Waals surface area contributed by atoms with Crippen LogP contribution in [-0.4, -0.2) is 18.3 Å². The molecule has 1 aromatic rings. The van der Waals surface area contributed by atoms with E-state index in [1.54, 1.807) is 0 Å². The van der Waals surface area contributed by atoms with Gasteiger partial charge in [0.25, 0.3) is 0 Å². The quantitative estimate of drug-likeness (QED) is 0.576. The lowest BCUT2D eigenvalue weighted by atomic mass is 10.1. The van der Waals surface area contributed by atoms with Gasteiger partial charge in [0.1, 0.15) is 0 Å². The molecule has 1 aromatic carbocycles. The van der Waals surface area contributed by atoms with Crippen LogP contribution in [0, 0.1) is 9.49 Å². The Morgan fingerprint density at radius 2 is 2.27 bits per heavy atom. The number of anilines is 2. The molecular weight excluding hydrogens is 303 g/mol. The number of benzene rings is 1. The Hall–Kier alpha value is -0.490. The third kappa shape index (κ3) is 4.25. The fraction of sp³-hybridized carbons (Fsp3) is 0.455. The molecule has 1 unspecified atom stereocenters. The average molecular weight is 320 g/mol. The van der Waals surface area contributed by atoms with Gasteiger partial charge in [-0.1, -0.05) is 6.92 Å². The summed E-state index contributed by atoms with van der Waals surface area (Å²) in [6.45, 7) is 3.25. The molecule has 0 saturated heterocycles. The van der Waals surface area contributed by atoms with Gasteiger partial charge in [-0.15, -0.1) is 0 Å². The smallest absolute Gasteiger partial charge is 0.0477 e. The van der Waals surface area contributed by atoms with Crippen LogP contribution >= 0.6 is 22.6 Å². The summed E-state index contributed by atoms with van der Waals surface area (Å²) >= 11 is 2.26. The number of nitrogen functional groups attached to an aromatic ring is 1. The maximum Gasteiger partial charge on any atom is 0.0477 e. The van der Waals surface area contributed by atoms with Gasteiger partial charge in [-0.3, -0.25) is 0 Å². The fourth-order valence-electron chi connectivity index (χ4n) is 1.28. The number of aliphatic hydroxyl groups excluding tert-OH is 1. The van der Waals surface area contributed by atoms with Crippen molar-refractivity contribution in [3.8, 4) is 0 Å². The van der Waals surface area contributed by atoms with E-state index in [0.717, 1.165) is 27.9 Å². The Bertz CT molecular complexity index is 317. The molecule has 4 N–H and O–H groups in total. The van der Waals surface area contributed by atoms with E-state index in [9.17, 15) is 0 Å². The van der Waals surface area contributed by atoms with Crippen molar-refractivity contribution in [3.63, 3.8) is 0 Å². The number of nitrogens with two attached hydrogens (primary N) is 1. The first-order valence-electron chi connectivity index (χ1n) is 5.03. The van der Waals surface area contributed by atoms with Crippen molar-refractivity contribution in [1.82, 2.24) is 0 Å². The molecule has 15 heavy (non-hydrogen) atoms. The first-order chi connectivity index (χ1) is 7.13. The van der Waals surface area contributed by atoms with E-state index in [-0.39, 0.29) is 6.61 Å². The van der Waals surface area contributed by atoms with Crippen molar-refractivity contribution in [2.45, 2.75) is 13.3 Å². The molecule has 4 heteroatoms. The van der Waals surface area contributed by atoms with E-state index in [2.05, 4.69) is 34.8 Å². The monoisotopic (exact) mass is 320 g/mol. The summed E-state index contributed by atoms with van der Waals surface area (Å²) in [7, 11) is 0. The highest BCUT2D eigenvalue weighted by Gasteiger charge is 2.03. The molecule has 0 saturated carbocycles. The third-order valence-corrected chi connectivity index (χ3v) is 3.15. The number of hydrogen-bond acceptors (Lipinski definition) is 3. The van der Waals surface area contributed by atoms with E-state index in [1.165, 1.54) is 0 Å². The van der Waals surface area contributed by atoms with Crippen molar-refractivity contribution in [2.75, 3.05) is 24.2 Å². The maximum absolute atomic E-state index is 8.78. The average Bonchev–Trinajstić information content (AvgIpc) is 2.17. The van der Waals surface area contributed by atoms with Gasteiger partial charge in [0.15, 0.2) is 0 Å². The Kier molecular flexibility index (Phi) is 5.17. The molecule has 0 amide bonds. The van der Waals surface area contributed by atoms with Gasteiger partial charge in [-0.05, 0) is 53.1 Å². The van der Waals surface area contributed by atoms with Gasteiger partial charge in [0.05, 0.1) is 0 Å². The number of hydrogen-bond donors (Lipinski definition) is 3. The van der Waals surface area contributed by atoms with Gasteiger partial charge < -0.3 is 16.2 Å². The highest BCUT2D eigenvalue weighted by atomic mass is 127. The van der Waals surface area contributed by atoms with Crippen LogP contribution < -0.4 is 11.1 Å². The van der Waals surface area contributed by atoms with Crippen LogP contribution in [0.25, 0.3) is 0 Å². The molecule has 1 rings (SSSR count). The normalized spacial score (nSPS) is 12.5. The Labute approximate surface area is 104 Å². The summed E-state index contributed by atoms with van der Waals surface area (Å²) in [5.74, 6) is 0.475. The topological polar surface area (TPSA) is 58.3 Å². The SMILES string of the molecule is CC(CCO)CNc1ccc(N)cc1I. The summed E-state index contributed by atoms with van der Waals surface area (Å²) in [4.78, 5) is 0. The third-order valence-electron chi connectivity index (χ3n) is 2.26. The predicted octanol–water partition coefficient (Wildman–Crippen LogP) is 2.30. The lowest BCUT2D eigenvalue weighted by Crippen LogP contribution is -2.13. The lowest BCUT2D eigenvalue weighted by Gasteiger charge is -2.13. The predicted molar refractivity (Wildman–Crippen MR) is 72.9 cm³/mol. The van der Waals surface area contributed by atoms with Crippen molar-refractivity contribution >= 4 is 34.0 Å². The minimum absolute atomic E-state index is 0.252. The maximum atomic E-state index is 8.78. The van der Waals surface area contributed by atoms with Gasteiger partial charge in [0, 0.05) is 28.1 Å². The molecule has 0 aliphatic heterocycles. The molecule has 0 aromatic heterocycles. The van der Waals surface area contributed by atoms with E-state index in [4.69, 9.17) is 10.8 Å². The first kappa shape index (κ1) is 12.6. The first-order valence-corrected chi connectivity index (χ1v) is 6.11. The van der Waals surface area contributed by atoms with Crippen LogP contribution in [0.4, 0.5) is 11.4 Å². The van der Waals surface area contributed by atoms with Gasteiger partial charge in [0.2, 0.25) is 0 Å². The zero-order chi connectivity index (χ0) is 11.3. The largest absolute Gasteiger partial charge is 0.399 e. The molecular formula is C11H17IN2O. The van der Waals surface area contributed by atoms with Crippen molar-refractivity contribution in [1.29, 1.82) is 0 Å². The lowest BCUT2D eigenvalue weighted by molar-refractivity contribution is 0.266. The zero-order valence-electron chi connectivity index (χ0n) is 8.83. The van der Waals surface area contributed by atoms with Gasteiger partial charge in [-0.2, -0.15) is 0 Å². The summed E-state index contributed by atoms with van der Waals surface area (Å²) in [6, 6.07) is 5.82. The van der Waals surface area contributed by atoms with Crippen LogP contribution in [0.3, 0.4) is 0 Å². The summed E-state index contributed by atoms with van der Waals surface area (Å²) in [5, 5.41) is 12.1. The number of aliphatic hydroxyl groups is 1. The summed E-state index contributed by atoms with van der Waals surface area (Å²) in [5.41, 5.74) is 7.56. The second kappa shape index (κ2) is 6.17. The zero-order valence-corrected chi connectivity index (χ0v) is 11.0. The highest BCUT2D eigenvalue weighted by Crippen LogP contribution is 2.21. The standard InChI is InChI=1S/C11H17IN2O/c1-8(4-5-15)7-14-11-3-2-9(13)6-10(11)12/h2-3,6,8,14-15H,4-5,7,13H2,1H3. The number of halogens is 1. The molecule has 0 fully saturated rings. The second-order valence-corrected chi connectivity index (χ2v) is 4.90. The van der Waals surface area contributed by atoms with E-state index in [1.807, 2.05) is 18.2 Å². The molecule has 0 heterocycles. The van der Waals surface area contributed by atoms with Crippen molar-refractivity contribution in [2.24, 2.45) is 5.92 Å². The Morgan fingerprint density at radius 1 is 1.53 bits per heavy atom. The minimum Gasteiger partial charge on any atom is -0.399 e. The van der Waals surface area contributed by atoms with Crippen LogP contribution in [0.2, 0.25) is 0 Å². The van der Waals surface area contributed by atoms with Crippen molar-refractivity contribution in [3.05, 3.63) is 21.8 Å². The molecule has 0 aliphatic rings. The number of nitrogens with one attached hydrogen (secondary N) is 1. The van der Waals surface area contributed by atoms with Crippen LogP contribution in [-0.2, 0) is 0 Å². The fourth-order valence-corrected chi connectivity index (χ4v) is 2.01. The van der Waals surface area contributed by atoms with Crippen LogP contribution in [0.1, 0.15) is 13.3 Å². The van der Waals surface area contributed by atoms with E-state index >= 15 is 0 Å². The molecule has 1 atom stereocenters. The summed E-state index contributed by atoms with van der Waals surface area (Å²) < 4.78 is 1.13. The van der Waals surface area contributed by atoms with Crippen LogP contribution in [0.5, 0.6) is 0 Å². The minimum atomic E-state index is 0.252. The van der Waals surface area contributed by atoms with Crippen LogP contribution in [0.15, 0.2) is 18.2 Å². The Balaban J connectivity index is 2.50. The molecule has 0 spiro atoms. The Morgan fingerprint density at radius 3 is 2.87 bits per heavy atom. The van der Waals surface area contributed by atoms with Gasteiger partial charge in [-0.25, -0.2) is 0 Å². The summed E-state index contributed by atoms with van der Waals surface area (Å²) in [6.07, 6.45) is 0.832. The second-order valence-electron chi connectivity index (χ2n) is 3.74. The molecule has 0 aliphatic carbocycles. The van der Waals surface area contributed by atoms with Crippen molar-refractivity contribution < 1.29 is 5.11 Å². The molecule has 0 bridgehead atoms. The molecule has 3 nitrogen and oxygen atoms in total.